The molecule has 0 spiro atoms. The van der Waals surface area contributed by atoms with Crippen molar-refractivity contribution in [2.45, 2.75) is 45.9 Å². The van der Waals surface area contributed by atoms with Crippen LogP contribution in [0.15, 0.2) is 24.3 Å². The Morgan fingerprint density at radius 2 is 2.04 bits per heavy atom. The predicted octanol–water partition coefficient (Wildman–Crippen LogP) is 3.16. The summed E-state index contributed by atoms with van der Waals surface area (Å²) in [6.45, 7) is 7.53. The van der Waals surface area contributed by atoms with Gasteiger partial charge in [-0.2, -0.15) is 5.10 Å². The molecule has 1 unspecified atom stereocenters. The molecule has 1 aliphatic heterocycles. The lowest BCUT2D eigenvalue weighted by Gasteiger charge is -2.30. The molecule has 0 amide bonds. The van der Waals surface area contributed by atoms with Gasteiger partial charge in [0, 0.05) is 29.4 Å². The molecule has 1 saturated heterocycles. The van der Waals surface area contributed by atoms with Gasteiger partial charge in [-0.05, 0) is 44.9 Å². The highest BCUT2D eigenvalue weighted by Crippen LogP contribution is 2.22. The van der Waals surface area contributed by atoms with E-state index in [9.17, 15) is 5.11 Å². The van der Waals surface area contributed by atoms with Crippen molar-refractivity contribution < 1.29 is 5.11 Å². The molecule has 124 valence electrons. The highest BCUT2D eigenvalue weighted by Gasteiger charge is 2.21. The second-order valence-corrected chi connectivity index (χ2v) is 6.84. The molecule has 2 aromatic rings. The molecule has 1 N–H and O–H groups in total. The summed E-state index contributed by atoms with van der Waals surface area (Å²) in [5.74, 6) is 0. The summed E-state index contributed by atoms with van der Waals surface area (Å²) < 4.78 is 2.03. The van der Waals surface area contributed by atoms with Gasteiger partial charge in [-0.1, -0.05) is 29.8 Å². The fourth-order valence-electron chi connectivity index (χ4n) is 3.30. The maximum absolute atomic E-state index is 9.85. The summed E-state index contributed by atoms with van der Waals surface area (Å²) in [6, 6.07) is 7.90. The minimum absolute atomic E-state index is 0.192. The van der Waals surface area contributed by atoms with E-state index in [2.05, 4.69) is 18.7 Å². The monoisotopic (exact) mass is 333 g/mol. The lowest BCUT2D eigenvalue weighted by Crippen LogP contribution is -2.37. The number of hydrogen-bond acceptors (Lipinski definition) is 3. The maximum Gasteiger partial charge on any atom is 0.0677 e. The number of likely N-dealkylation sites (tertiary alicyclic amines) is 1. The Morgan fingerprint density at radius 1 is 1.26 bits per heavy atom. The molecule has 0 bridgehead atoms. The first-order valence-corrected chi connectivity index (χ1v) is 8.59. The Kier molecular flexibility index (Phi) is 5.05. The minimum Gasteiger partial charge on any atom is -0.392 e. The van der Waals surface area contributed by atoms with Crippen molar-refractivity contribution in [3.05, 3.63) is 51.8 Å². The zero-order chi connectivity index (χ0) is 16.4. The average molecular weight is 334 g/mol. The van der Waals surface area contributed by atoms with Crippen LogP contribution in [0.25, 0.3) is 0 Å². The first kappa shape index (κ1) is 16.5. The van der Waals surface area contributed by atoms with E-state index in [0.717, 1.165) is 48.8 Å². The summed E-state index contributed by atoms with van der Waals surface area (Å²) in [6.07, 6.45) is 1.79. The van der Waals surface area contributed by atoms with Crippen molar-refractivity contribution in [2.75, 3.05) is 13.1 Å². The number of piperidine rings is 1. The Labute approximate surface area is 142 Å². The third-order valence-electron chi connectivity index (χ3n) is 4.67. The third kappa shape index (κ3) is 3.77. The zero-order valence-electron chi connectivity index (χ0n) is 13.8. The highest BCUT2D eigenvalue weighted by atomic mass is 35.5. The number of halogens is 1. The summed E-state index contributed by atoms with van der Waals surface area (Å²) in [7, 11) is 0. The molecule has 5 heteroatoms. The van der Waals surface area contributed by atoms with Crippen molar-refractivity contribution in [1.29, 1.82) is 0 Å². The molecule has 1 aromatic heterocycles. The van der Waals surface area contributed by atoms with Crippen molar-refractivity contribution >= 4 is 11.6 Å². The van der Waals surface area contributed by atoms with Crippen molar-refractivity contribution in [3.8, 4) is 0 Å². The van der Waals surface area contributed by atoms with Gasteiger partial charge >= 0.3 is 0 Å². The first-order valence-electron chi connectivity index (χ1n) is 8.21. The third-order valence-corrected chi connectivity index (χ3v) is 5.04. The number of aromatic nitrogens is 2. The largest absolute Gasteiger partial charge is 0.392 e. The second-order valence-electron chi connectivity index (χ2n) is 6.43. The molecule has 1 fully saturated rings. The van der Waals surface area contributed by atoms with Gasteiger partial charge < -0.3 is 5.11 Å². The number of β-amino-alcohol motifs (C(OH)–C–C–N with tert-alkyl or cyclic N) is 1. The van der Waals surface area contributed by atoms with Crippen LogP contribution >= 0.6 is 11.6 Å². The molecule has 1 aromatic carbocycles. The first-order chi connectivity index (χ1) is 11.0. The van der Waals surface area contributed by atoms with E-state index in [1.807, 2.05) is 28.9 Å². The smallest absolute Gasteiger partial charge is 0.0677 e. The predicted molar refractivity (Wildman–Crippen MR) is 92.8 cm³/mol. The van der Waals surface area contributed by atoms with Crippen molar-refractivity contribution in [2.24, 2.45) is 0 Å². The van der Waals surface area contributed by atoms with Crippen LogP contribution in [0, 0.1) is 13.8 Å². The summed E-state index contributed by atoms with van der Waals surface area (Å²) in [5.41, 5.74) is 4.60. The van der Waals surface area contributed by atoms with E-state index in [-0.39, 0.29) is 6.10 Å². The number of aliphatic hydroxyl groups is 1. The zero-order valence-corrected chi connectivity index (χ0v) is 14.6. The molecule has 23 heavy (non-hydrogen) atoms. The summed E-state index contributed by atoms with van der Waals surface area (Å²) >= 11 is 6.27. The van der Waals surface area contributed by atoms with Gasteiger partial charge in [0.1, 0.15) is 0 Å². The lowest BCUT2D eigenvalue weighted by molar-refractivity contribution is 0.0666. The Balaban J connectivity index is 1.78. The SMILES string of the molecule is Cc1nn(Cc2ccccc2Cl)c(C)c1CN1CCCC(O)C1. The van der Waals surface area contributed by atoms with E-state index in [4.69, 9.17) is 16.7 Å². The maximum atomic E-state index is 9.85. The number of aliphatic hydroxyl groups excluding tert-OH is 1. The average Bonchev–Trinajstić information content (AvgIpc) is 2.77. The van der Waals surface area contributed by atoms with Crippen LogP contribution in [0.4, 0.5) is 0 Å². The van der Waals surface area contributed by atoms with Gasteiger partial charge in [0.05, 0.1) is 18.3 Å². The van der Waals surface area contributed by atoms with Crippen LogP contribution in [0.5, 0.6) is 0 Å². The van der Waals surface area contributed by atoms with Gasteiger partial charge in [0.2, 0.25) is 0 Å². The molecule has 0 radical (unpaired) electrons. The Hall–Kier alpha value is -1.36. The molecule has 4 nitrogen and oxygen atoms in total. The van der Waals surface area contributed by atoms with Crippen molar-refractivity contribution in [3.63, 3.8) is 0 Å². The standard InChI is InChI=1S/C18H24ClN3O/c1-13-17(12-21-9-5-7-16(23)11-21)14(2)22(20-13)10-15-6-3-4-8-18(15)19/h3-4,6,8,16,23H,5,7,9-12H2,1-2H3. The van der Waals surface area contributed by atoms with Gasteiger partial charge in [-0.25, -0.2) is 0 Å². The number of aryl methyl sites for hydroxylation is 1. The van der Waals surface area contributed by atoms with Crippen LogP contribution < -0.4 is 0 Å². The number of benzene rings is 1. The lowest BCUT2D eigenvalue weighted by atomic mass is 10.1. The van der Waals surface area contributed by atoms with Gasteiger partial charge in [-0.15, -0.1) is 0 Å². The van der Waals surface area contributed by atoms with Gasteiger partial charge in [-0.3, -0.25) is 9.58 Å². The van der Waals surface area contributed by atoms with E-state index in [1.165, 1.54) is 11.3 Å². The molecular weight excluding hydrogens is 310 g/mol. The van der Waals surface area contributed by atoms with Gasteiger partial charge in [0.15, 0.2) is 0 Å². The van der Waals surface area contributed by atoms with E-state index >= 15 is 0 Å². The molecule has 1 atom stereocenters. The number of hydrogen-bond donors (Lipinski definition) is 1. The molecule has 0 saturated carbocycles. The molecule has 1 aliphatic rings. The van der Waals surface area contributed by atoms with Crippen LogP contribution in [-0.2, 0) is 13.1 Å². The van der Waals surface area contributed by atoms with E-state index < -0.39 is 0 Å². The fourth-order valence-corrected chi connectivity index (χ4v) is 3.50. The Morgan fingerprint density at radius 3 is 2.78 bits per heavy atom. The number of nitrogens with zero attached hydrogens (tertiary/aromatic N) is 3. The molecular formula is C18H24ClN3O. The normalized spacial score (nSPS) is 19.2. The fraction of sp³-hybridized carbons (Fsp3) is 0.500. The second kappa shape index (κ2) is 7.04. The van der Waals surface area contributed by atoms with E-state index in [0.29, 0.717) is 6.54 Å². The molecule has 3 rings (SSSR count). The number of rotatable bonds is 4. The highest BCUT2D eigenvalue weighted by molar-refractivity contribution is 6.31. The van der Waals surface area contributed by atoms with Crippen LogP contribution in [0.1, 0.15) is 35.4 Å². The molecule has 2 heterocycles. The van der Waals surface area contributed by atoms with Crippen molar-refractivity contribution in [1.82, 2.24) is 14.7 Å². The minimum atomic E-state index is -0.192. The molecule has 0 aliphatic carbocycles. The van der Waals surface area contributed by atoms with Crippen LogP contribution in [-0.4, -0.2) is 39.0 Å². The Bertz CT molecular complexity index is 683. The summed E-state index contributed by atoms with van der Waals surface area (Å²) in [5, 5.41) is 15.3. The van der Waals surface area contributed by atoms with Gasteiger partial charge in [0.25, 0.3) is 0 Å². The topological polar surface area (TPSA) is 41.3 Å². The summed E-state index contributed by atoms with van der Waals surface area (Å²) in [4.78, 5) is 2.32. The van der Waals surface area contributed by atoms with Crippen LogP contribution in [0.3, 0.4) is 0 Å². The van der Waals surface area contributed by atoms with E-state index in [1.54, 1.807) is 0 Å². The van der Waals surface area contributed by atoms with Crippen LogP contribution in [0.2, 0.25) is 5.02 Å². The quantitative estimate of drug-likeness (QED) is 0.934.